The quantitative estimate of drug-likeness (QED) is 0.623. The monoisotopic (exact) mass is 436 g/mol. The largest absolute Gasteiger partial charge is 0.496 e. The van der Waals surface area contributed by atoms with Crippen LogP contribution in [0.1, 0.15) is 38.8 Å². The van der Waals surface area contributed by atoms with Crippen molar-refractivity contribution >= 4 is 11.8 Å². The SMILES string of the molecule is COc1ccccc1C(C)(C)C(=O)NCC#CCNC(=O)C(C)(C)c1ccccc1OC. The highest BCUT2D eigenvalue weighted by molar-refractivity contribution is 5.89. The van der Waals surface area contributed by atoms with E-state index in [0.717, 1.165) is 11.1 Å². The average Bonchev–Trinajstić information content (AvgIpc) is 2.80. The molecule has 0 heterocycles. The van der Waals surface area contributed by atoms with Crippen LogP contribution in [0.5, 0.6) is 11.5 Å². The Morgan fingerprint density at radius 1 is 0.719 bits per heavy atom. The van der Waals surface area contributed by atoms with E-state index in [1.807, 2.05) is 76.2 Å². The summed E-state index contributed by atoms with van der Waals surface area (Å²) >= 11 is 0. The molecule has 6 heteroatoms. The highest BCUT2D eigenvalue weighted by atomic mass is 16.5. The second-order valence-electron chi connectivity index (χ2n) is 8.37. The van der Waals surface area contributed by atoms with Gasteiger partial charge in [-0.05, 0) is 39.8 Å². The minimum Gasteiger partial charge on any atom is -0.496 e. The molecule has 0 unspecified atom stereocenters. The molecular formula is C26H32N2O4. The van der Waals surface area contributed by atoms with E-state index < -0.39 is 10.8 Å². The van der Waals surface area contributed by atoms with Crippen molar-refractivity contribution in [3.8, 4) is 23.3 Å². The molecule has 0 aliphatic carbocycles. The van der Waals surface area contributed by atoms with Gasteiger partial charge in [-0.3, -0.25) is 9.59 Å². The lowest BCUT2D eigenvalue weighted by molar-refractivity contribution is -0.126. The van der Waals surface area contributed by atoms with Crippen molar-refractivity contribution in [1.82, 2.24) is 10.6 Å². The lowest BCUT2D eigenvalue weighted by Crippen LogP contribution is -2.41. The Morgan fingerprint density at radius 2 is 1.06 bits per heavy atom. The third-order valence-electron chi connectivity index (χ3n) is 5.50. The Morgan fingerprint density at radius 3 is 1.41 bits per heavy atom. The van der Waals surface area contributed by atoms with Crippen molar-refractivity contribution in [2.24, 2.45) is 0 Å². The number of hydrogen-bond donors (Lipinski definition) is 2. The van der Waals surface area contributed by atoms with Gasteiger partial charge in [-0.1, -0.05) is 48.2 Å². The number of ether oxygens (including phenoxy) is 2. The molecule has 170 valence electrons. The van der Waals surface area contributed by atoms with Crippen molar-refractivity contribution in [3.05, 3.63) is 59.7 Å². The fourth-order valence-electron chi connectivity index (χ4n) is 3.38. The number of benzene rings is 2. The molecule has 0 saturated heterocycles. The van der Waals surface area contributed by atoms with Gasteiger partial charge in [-0.2, -0.15) is 0 Å². The van der Waals surface area contributed by atoms with Crippen LogP contribution >= 0.6 is 0 Å². The van der Waals surface area contributed by atoms with E-state index in [2.05, 4.69) is 22.5 Å². The molecule has 0 bridgehead atoms. The maximum absolute atomic E-state index is 12.7. The summed E-state index contributed by atoms with van der Waals surface area (Å²) in [6.45, 7) is 7.73. The van der Waals surface area contributed by atoms with Crippen LogP contribution in [0, 0.1) is 11.8 Å². The van der Waals surface area contributed by atoms with Crippen molar-refractivity contribution in [1.29, 1.82) is 0 Å². The van der Waals surface area contributed by atoms with Gasteiger partial charge in [-0.25, -0.2) is 0 Å². The summed E-state index contributed by atoms with van der Waals surface area (Å²) in [5, 5.41) is 5.67. The van der Waals surface area contributed by atoms with Gasteiger partial charge in [0.25, 0.3) is 0 Å². The molecule has 0 aliphatic rings. The molecule has 0 saturated carbocycles. The molecule has 0 spiro atoms. The first-order valence-electron chi connectivity index (χ1n) is 10.5. The lowest BCUT2D eigenvalue weighted by atomic mass is 9.83. The van der Waals surface area contributed by atoms with Gasteiger partial charge < -0.3 is 20.1 Å². The molecular weight excluding hydrogens is 404 g/mol. The van der Waals surface area contributed by atoms with Crippen LogP contribution < -0.4 is 20.1 Å². The minimum absolute atomic E-state index is 0.155. The van der Waals surface area contributed by atoms with Gasteiger partial charge >= 0.3 is 0 Å². The molecule has 0 aromatic heterocycles. The van der Waals surface area contributed by atoms with Gasteiger partial charge in [0.1, 0.15) is 11.5 Å². The maximum atomic E-state index is 12.7. The van der Waals surface area contributed by atoms with Crippen LogP contribution in [-0.4, -0.2) is 39.1 Å². The number of carbonyl (C=O) groups excluding carboxylic acids is 2. The predicted molar refractivity (Wildman–Crippen MR) is 126 cm³/mol. The first-order chi connectivity index (χ1) is 15.2. The summed E-state index contributed by atoms with van der Waals surface area (Å²) in [6.07, 6.45) is 0. The van der Waals surface area contributed by atoms with E-state index in [-0.39, 0.29) is 24.9 Å². The van der Waals surface area contributed by atoms with Crippen molar-refractivity contribution in [2.75, 3.05) is 27.3 Å². The molecule has 2 N–H and O–H groups in total. The molecule has 6 nitrogen and oxygen atoms in total. The number of carbonyl (C=O) groups is 2. The molecule has 0 radical (unpaired) electrons. The van der Waals surface area contributed by atoms with Crippen LogP contribution in [0.2, 0.25) is 0 Å². The van der Waals surface area contributed by atoms with E-state index in [4.69, 9.17) is 9.47 Å². The Balaban J connectivity index is 1.90. The van der Waals surface area contributed by atoms with Crippen LogP contribution in [-0.2, 0) is 20.4 Å². The van der Waals surface area contributed by atoms with E-state index in [9.17, 15) is 9.59 Å². The number of methoxy groups -OCH3 is 2. The zero-order valence-electron chi connectivity index (χ0n) is 19.7. The maximum Gasteiger partial charge on any atom is 0.230 e. The van der Waals surface area contributed by atoms with Gasteiger partial charge in [-0.15, -0.1) is 0 Å². The third kappa shape index (κ3) is 5.61. The Bertz CT molecular complexity index is 936. The van der Waals surface area contributed by atoms with Gasteiger partial charge in [0.2, 0.25) is 11.8 Å². The number of para-hydroxylation sites is 2. The van der Waals surface area contributed by atoms with E-state index in [1.165, 1.54) is 0 Å². The van der Waals surface area contributed by atoms with Crippen molar-refractivity contribution in [3.63, 3.8) is 0 Å². The number of hydrogen-bond acceptors (Lipinski definition) is 4. The fraction of sp³-hybridized carbons (Fsp3) is 0.385. The molecule has 2 rings (SSSR count). The third-order valence-corrected chi connectivity index (χ3v) is 5.50. The summed E-state index contributed by atoms with van der Waals surface area (Å²) in [5.41, 5.74) is 0.0558. The highest BCUT2D eigenvalue weighted by Gasteiger charge is 2.33. The van der Waals surface area contributed by atoms with E-state index >= 15 is 0 Å². The molecule has 2 aromatic carbocycles. The zero-order chi connectivity index (χ0) is 23.8. The van der Waals surface area contributed by atoms with E-state index in [1.54, 1.807) is 14.2 Å². The Kier molecular flexibility index (Phi) is 8.31. The summed E-state index contributed by atoms with van der Waals surface area (Å²) in [5.74, 6) is 6.79. The molecule has 0 aliphatic heterocycles. The van der Waals surface area contributed by atoms with Gasteiger partial charge in [0, 0.05) is 11.1 Å². The zero-order valence-corrected chi connectivity index (χ0v) is 19.7. The smallest absolute Gasteiger partial charge is 0.230 e. The summed E-state index contributed by atoms with van der Waals surface area (Å²) < 4.78 is 10.8. The highest BCUT2D eigenvalue weighted by Crippen LogP contribution is 2.32. The molecule has 2 amide bonds. The topological polar surface area (TPSA) is 76.7 Å². The minimum atomic E-state index is -0.777. The fourth-order valence-corrected chi connectivity index (χ4v) is 3.38. The van der Waals surface area contributed by atoms with Crippen LogP contribution in [0.3, 0.4) is 0 Å². The average molecular weight is 437 g/mol. The van der Waals surface area contributed by atoms with Gasteiger partial charge in [0.15, 0.2) is 0 Å². The predicted octanol–water partition coefficient (Wildman–Crippen LogP) is 3.20. The second-order valence-corrected chi connectivity index (χ2v) is 8.37. The van der Waals surface area contributed by atoms with Gasteiger partial charge in [0.05, 0.1) is 38.1 Å². The van der Waals surface area contributed by atoms with Crippen molar-refractivity contribution in [2.45, 2.75) is 38.5 Å². The molecule has 0 fully saturated rings. The Hall–Kier alpha value is -3.46. The van der Waals surface area contributed by atoms with Crippen LogP contribution in [0.25, 0.3) is 0 Å². The standard InChI is InChI=1S/C26H32N2O4/c1-25(2,19-13-7-9-15-21(19)31-5)23(29)27-17-11-12-18-28-24(30)26(3,4)20-14-8-10-16-22(20)32-6/h7-10,13-16H,17-18H2,1-6H3,(H,27,29)(H,28,30). The van der Waals surface area contributed by atoms with Crippen LogP contribution in [0.4, 0.5) is 0 Å². The summed E-state index contributed by atoms with van der Waals surface area (Å²) in [4.78, 5) is 25.4. The van der Waals surface area contributed by atoms with Crippen molar-refractivity contribution < 1.29 is 19.1 Å². The first-order valence-corrected chi connectivity index (χ1v) is 10.5. The number of nitrogens with one attached hydrogen (secondary N) is 2. The Labute approximate surface area is 190 Å². The molecule has 2 aromatic rings. The normalized spacial score (nSPS) is 11.1. The van der Waals surface area contributed by atoms with Crippen LogP contribution in [0.15, 0.2) is 48.5 Å². The number of rotatable bonds is 8. The second kappa shape index (κ2) is 10.7. The molecule has 0 atom stereocenters. The number of amides is 2. The summed E-state index contributed by atoms with van der Waals surface area (Å²) in [6, 6.07) is 14.9. The molecule has 32 heavy (non-hydrogen) atoms. The summed E-state index contributed by atoms with van der Waals surface area (Å²) in [7, 11) is 3.17. The first kappa shape index (κ1) is 24.8. The van der Waals surface area contributed by atoms with E-state index in [0.29, 0.717) is 11.5 Å². The lowest BCUT2D eigenvalue weighted by Gasteiger charge is -2.25.